The van der Waals surface area contributed by atoms with Crippen LogP contribution in [0.4, 0.5) is 17.6 Å². The molecule has 0 saturated carbocycles. The molecule has 0 spiro atoms. The van der Waals surface area contributed by atoms with Crippen molar-refractivity contribution in [3.8, 4) is 5.75 Å². The molecule has 1 aromatic rings. The van der Waals surface area contributed by atoms with E-state index in [4.69, 9.17) is 5.11 Å². The first kappa shape index (κ1) is 11.3. The fourth-order valence-corrected chi connectivity index (χ4v) is 1.11. The van der Waals surface area contributed by atoms with Gasteiger partial charge in [-0.25, -0.2) is 0 Å². The van der Waals surface area contributed by atoms with Crippen LogP contribution in [0.15, 0.2) is 24.3 Å². The van der Waals surface area contributed by atoms with Gasteiger partial charge in [0.25, 0.3) is 0 Å². The monoisotopic (exact) mass is 272 g/mol. The molecular formula is C8H5BrF4O. The maximum atomic E-state index is 13.0. The summed E-state index contributed by atoms with van der Waals surface area (Å²) in [6.45, 7) is 0. The highest BCUT2D eigenvalue weighted by Gasteiger charge is 2.56. The highest BCUT2D eigenvalue weighted by Crippen LogP contribution is 2.49. The minimum absolute atomic E-state index is 0.741. The topological polar surface area (TPSA) is 20.2 Å². The van der Waals surface area contributed by atoms with Gasteiger partial charge in [0.2, 0.25) is 0 Å². The molecule has 0 aliphatic carbocycles. The Balaban J connectivity index is 3.23. The second-order valence-electron chi connectivity index (χ2n) is 2.59. The predicted octanol–water partition coefficient (Wildman–Crippen LogP) is 3.47. The summed E-state index contributed by atoms with van der Waals surface area (Å²) in [6, 6.07) is 4.06. The van der Waals surface area contributed by atoms with E-state index in [2.05, 4.69) is 0 Å². The van der Waals surface area contributed by atoms with E-state index in [0.29, 0.717) is 0 Å². The molecule has 0 radical (unpaired) electrons. The Morgan fingerprint density at radius 2 is 1.57 bits per heavy atom. The summed E-state index contributed by atoms with van der Waals surface area (Å²) in [5, 5.41) is 8.98. The number of para-hydroxylation sites is 1. The highest BCUT2D eigenvalue weighted by molar-refractivity contribution is 9.10. The van der Waals surface area contributed by atoms with Crippen molar-refractivity contribution >= 4 is 15.9 Å². The molecule has 1 nitrogen and oxygen atoms in total. The third-order valence-corrected chi connectivity index (χ3v) is 2.10. The molecule has 1 rings (SSSR count). The Bertz CT molecular complexity index is 334. The number of alkyl halides is 5. The number of halogens is 5. The third-order valence-electron chi connectivity index (χ3n) is 1.60. The first-order valence-corrected chi connectivity index (χ1v) is 4.29. The lowest BCUT2D eigenvalue weighted by atomic mass is 10.1. The molecule has 14 heavy (non-hydrogen) atoms. The van der Waals surface area contributed by atoms with Gasteiger partial charge in [0.05, 0.1) is 5.56 Å². The molecule has 0 heterocycles. The van der Waals surface area contributed by atoms with Gasteiger partial charge in [-0.3, -0.25) is 0 Å². The predicted molar refractivity (Wildman–Crippen MR) is 45.9 cm³/mol. The van der Waals surface area contributed by atoms with Crippen LogP contribution in [0.25, 0.3) is 0 Å². The maximum Gasteiger partial charge on any atom is 0.367 e. The maximum absolute atomic E-state index is 13.0. The van der Waals surface area contributed by atoms with Crippen LogP contribution in [0.5, 0.6) is 5.75 Å². The number of hydrogen-bond donors (Lipinski definition) is 1. The van der Waals surface area contributed by atoms with Crippen molar-refractivity contribution < 1.29 is 22.7 Å². The second kappa shape index (κ2) is 3.42. The van der Waals surface area contributed by atoms with Gasteiger partial charge in [0, 0.05) is 0 Å². The molecule has 0 unspecified atom stereocenters. The van der Waals surface area contributed by atoms with Gasteiger partial charge < -0.3 is 5.11 Å². The van der Waals surface area contributed by atoms with E-state index < -0.39 is 22.1 Å². The fourth-order valence-electron chi connectivity index (χ4n) is 0.892. The van der Waals surface area contributed by atoms with E-state index in [1.807, 2.05) is 0 Å². The van der Waals surface area contributed by atoms with Crippen molar-refractivity contribution in [1.29, 1.82) is 0 Å². The van der Waals surface area contributed by atoms with E-state index in [1.165, 1.54) is 6.07 Å². The molecule has 1 aromatic carbocycles. The minimum atomic E-state index is -4.45. The average Bonchev–Trinajstić information content (AvgIpc) is 2.02. The molecule has 0 bridgehead atoms. The number of aromatic hydroxyl groups is 1. The number of rotatable bonds is 2. The van der Waals surface area contributed by atoms with Crippen LogP contribution in [0, 0.1) is 0 Å². The Labute approximate surface area is 85.5 Å². The van der Waals surface area contributed by atoms with Gasteiger partial charge in [-0.15, -0.1) is 0 Å². The molecule has 0 aliphatic heterocycles. The molecule has 78 valence electrons. The number of phenols is 1. The van der Waals surface area contributed by atoms with Crippen molar-refractivity contribution in [3.05, 3.63) is 29.8 Å². The van der Waals surface area contributed by atoms with Gasteiger partial charge in [-0.1, -0.05) is 12.1 Å². The smallest absolute Gasteiger partial charge is 0.367 e. The molecule has 0 aromatic heterocycles. The highest BCUT2D eigenvalue weighted by atomic mass is 79.9. The molecule has 0 amide bonds. The van der Waals surface area contributed by atoms with Crippen LogP contribution >= 0.6 is 15.9 Å². The zero-order valence-corrected chi connectivity index (χ0v) is 8.23. The van der Waals surface area contributed by atoms with Crippen molar-refractivity contribution in [2.45, 2.75) is 10.8 Å². The summed E-state index contributed by atoms with van der Waals surface area (Å²) in [5.41, 5.74) is -1.11. The van der Waals surface area contributed by atoms with E-state index in [-0.39, 0.29) is 0 Å². The summed E-state index contributed by atoms with van der Waals surface area (Å²) in [5.74, 6) is -5.31. The van der Waals surface area contributed by atoms with E-state index in [1.54, 1.807) is 15.9 Å². The zero-order chi connectivity index (χ0) is 11.0. The Morgan fingerprint density at radius 1 is 1.07 bits per heavy atom. The minimum Gasteiger partial charge on any atom is -0.507 e. The molecule has 0 fully saturated rings. The standard InChI is InChI=1S/C8H5BrF4O/c9-8(12,13)7(10,11)5-3-1-2-4-6(5)14/h1-4,14H. The fraction of sp³-hybridized carbons (Fsp3) is 0.250. The summed E-state index contributed by atoms with van der Waals surface area (Å²) < 4.78 is 50.8. The van der Waals surface area contributed by atoms with Crippen molar-refractivity contribution in [2.24, 2.45) is 0 Å². The van der Waals surface area contributed by atoms with Crippen LogP contribution < -0.4 is 0 Å². The van der Waals surface area contributed by atoms with Crippen LogP contribution in [0.2, 0.25) is 0 Å². The van der Waals surface area contributed by atoms with Gasteiger partial charge in [-0.05, 0) is 28.1 Å². The van der Waals surface area contributed by atoms with Crippen molar-refractivity contribution in [3.63, 3.8) is 0 Å². The van der Waals surface area contributed by atoms with Crippen molar-refractivity contribution in [1.82, 2.24) is 0 Å². The summed E-state index contributed by atoms with van der Waals surface area (Å²) in [4.78, 5) is -4.39. The Kier molecular flexibility index (Phi) is 2.76. The Hall–Kier alpha value is -0.780. The van der Waals surface area contributed by atoms with E-state index >= 15 is 0 Å². The zero-order valence-electron chi connectivity index (χ0n) is 6.65. The van der Waals surface area contributed by atoms with E-state index in [0.717, 1.165) is 18.2 Å². The van der Waals surface area contributed by atoms with Gasteiger partial charge in [0.15, 0.2) is 0 Å². The van der Waals surface area contributed by atoms with Crippen LogP contribution in [0.3, 0.4) is 0 Å². The van der Waals surface area contributed by atoms with E-state index in [9.17, 15) is 17.6 Å². The molecule has 6 heteroatoms. The lowest BCUT2D eigenvalue weighted by Crippen LogP contribution is -2.32. The molecule has 0 saturated heterocycles. The number of hydrogen-bond acceptors (Lipinski definition) is 1. The lowest BCUT2D eigenvalue weighted by Gasteiger charge is -2.22. The van der Waals surface area contributed by atoms with Gasteiger partial charge in [0.1, 0.15) is 5.75 Å². The normalized spacial score (nSPS) is 12.9. The summed E-state index contributed by atoms with van der Waals surface area (Å²) >= 11 is 1.58. The van der Waals surface area contributed by atoms with Gasteiger partial charge in [-0.2, -0.15) is 17.6 Å². The molecular weight excluding hydrogens is 268 g/mol. The molecule has 0 atom stereocenters. The lowest BCUT2D eigenvalue weighted by molar-refractivity contribution is -0.154. The average molecular weight is 273 g/mol. The SMILES string of the molecule is Oc1ccccc1C(F)(F)C(F)(F)Br. The largest absolute Gasteiger partial charge is 0.507 e. The molecule has 1 N–H and O–H groups in total. The van der Waals surface area contributed by atoms with Crippen LogP contribution in [-0.4, -0.2) is 9.94 Å². The third kappa shape index (κ3) is 1.84. The first-order chi connectivity index (χ1) is 6.27. The van der Waals surface area contributed by atoms with Gasteiger partial charge >= 0.3 is 10.8 Å². The van der Waals surface area contributed by atoms with Crippen molar-refractivity contribution in [2.75, 3.05) is 0 Å². The number of benzene rings is 1. The molecule has 0 aliphatic rings. The first-order valence-electron chi connectivity index (χ1n) is 3.50. The summed E-state index contributed by atoms with van der Waals surface area (Å²) in [7, 11) is 0. The summed E-state index contributed by atoms with van der Waals surface area (Å²) in [6.07, 6.45) is 0. The number of phenolic OH excluding ortho intramolecular Hbond substituents is 1. The second-order valence-corrected chi connectivity index (χ2v) is 3.59. The quantitative estimate of drug-likeness (QED) is 0.646. The van der Waals surface area contributed by atoms with Crippen LogP contribution in [0.1, 0.15) is 5.56 Å². The van der Waals surface area contributed by atoms with Crippen LogP contribution in [-0.2, 0) is 5.92 Å². The Morgan fingerprint density at radius 3 is 2.00 bits per heavy atom.